The molecule has 3 rings (SSSR count). The number of halogens is 1. The van der Waals surface area contributed by atoms with E-state index in [9.17, 15) is 9.18 Å². The van der Waals surface area contributed by atoms with Gasteiger partial charge in [-0.2, -0.15) is 0 Å². The van der Waals surface area contributed by atoms with Crippen molar-refractivity contribution in [2.24, 2.45) is 0 Å². The van der Waals surface area contributed by atoms with Crippen molar-refractivity contribution in [3.8, 4) is 11.5 Å². The molecular formula is C20H22FNO3. The van der Waals surface area contributed by atoms with Crippen LogP contribution in [0.25, 0.3) is 0 Å². The summed E-state index contributed by atoms with van der Waals surface area (Å²) in [6.45, 7) is 0.730. The second-order valence-corrected chi connectivity index (χ2v) is 6.16. The maximum atomic E-state index is 13.1. The molecule has 0 radical (unpaired) electrons. The first-order chi connectivity index (χ1) is 12.1. The highest BCUT2D eigenvalue weighted by molar-refractivity contribution is 5.79. The Hall–Kier alpha value is -2.56. The largest absolute Gasteiger partial charge is 0.493 e. The van der Waals surface area contributed by atoms with Crippen LogP contribution in [0, 0.1) is 5.82 Å². The molecule has 132 valence electrons. The second-order valence-electron chi connectivity index (χ2n) is 6.16. The fraction of sp³-hybridized carbons (Fsp3) is 0.350. The Morgan fingerprint density at radius 3 is 2.52 bits per heavy atom. The van der Waals surface area contributed by atoms with Gasteiger partial charge in [-0.25, -0.2) is 4.39 Å². The first-order valence-corrected chi connectivity index (χ1v) is 8.38. The van der Waals surface area contributed by atoms with Crippen molar-refractivity contribution < 1.29 is 18.7 Å². The lowest BCUT2D eigenvalue weighted by Gasteiger charge is -2.25. The highest BCUT2D eigenvalue weighted by atomic mass is 19.1. The van der Waals surface area contributed by atoms with E-state index in [2.05, 4.69) is 0 Å². The van der Waals surface area contributed by atoms with Crippen LogP contribution >= 0.6 is 0 Å². The summed E-state index contributed by atoms with van der Waals surface area (Å²) in [6, 6.07) is 12.0. The summed E-state index contributed by atoms with van der Waals surface area (Å²) >= 11 is 0. The quantitative estimate of drug-likeness (QED) is 0.830. The predicted octanol–water partition coefficient (Wildman–Crippen LogP) is 3.75. The average molecular weight is 343 g/mol. The summed E-state index contributed by atoms with van der Waals surface area (Å²) < 4.78 is 23.7. The molecule has 1 aliphatic rings. The number of amides is 1. The van der Waals surface area contributed by atoms with E-state index in [4.69, 9.17) is 9.47 Å². The number of benzene rings is 2. The van der Waals surface area contributed by atoms with Crippen LogP contribution in [0.15, 0.2) is 42.5 Å². The standard InChI is InChI=1S/C20H22FNO3/c1-24-18-10-5-14(12-19(18)25-2)13-20(23)22-11-3-4-17(22)15-6-8-16(21)9-7-15/h5-10,12,17H,3-4,11,13H2,1-2H3. The van der Waals surface area contributed by atoms with Gasteiger partial charge in [0.15, 0.2) is 11.5 Å². The molecule has 0 spiro atoms. The third kappa shape index (κ3) is 3.76. The van der Waals surface area contributed by atoms with Gasteiger partial charge in [-0.1, -0.05) is 18.2 Å². The topological polar surface area (TPSA) is 38.8 Å². The smallest absolute Gasteiger partial charge is 0.227 e. The Balaban J connectivity index is 1.75. The van der Waals surface area contributed by atoms with Gasteiger partial charge in [0.05, 0.1) is 26.7 Å². The van der Waals surface area contributed by atoms with E-state index in [0.717, 1.165) is 30.5 Å². The van der Waals surface area contributed by atoms with Crippen LogP contribution in [0.2, 0.25) is 0 Å². The van der Waals surface area contributed by atoms with Gasteiger partial charge in [-0.15, -0.1) is 0 Å². The molecule has 0 aromatic heterocycles. The van der Waals surface area contributed by atoms with Crippen molar-refractivity contribution in [2.75, 3.05) is 20.8 Å². The minimum Gasteiger partial charge on any atom is -0.493 e. The molecule has 1 unspecified atom stereocenters. The first-order valence-electron chi connectivity index (χ1n) is 8.38. The van der Waals surface area contributed by atoms with Gasteiger partial charge in [0, 0.05) is 6.54 Å². The third-order valence-corrected chi connectivity index (χ3v) is 4.63. The minimum atomic E-state index is -0.259. The van der Waals surface area contributed by atoms with E-state index >= 15 is 0 Å². The van der Waals surface area contributed by atoms with Crippen LogP contribution in [0.1, 0.15) is 30.0 Å². The lowest BCUT2D eigenvalue weighted by molar-refractivity contribution is -0.131. The fourth-order valence-corrected chi connectivity index (χ4v) is 3.36. The summed E-state index contributed by atoms with van der Waals surface area (Å²) in [7, 11) is 3.16. The molecule has 1 aliphatic heterocycles. The van der Waals surface area contributed by atoms with Gasteiger partial charge >= 0.3 is 0 Å². The number of hydrogen-bond donors (Lipinski definition) is 0. The normalized spacial score (nSPS) is 16.8. The van der Waals surface area contributed by atoms with Crippen LogP contribution in [0.4, 0.5) is 4.39 Å². The SMILES string of the molecule is COc1ccc(CC(=O)N2CCCC2c2ccc(F)cc2)cc1OC. The van der Waals surface area contributed by atoms with Gasteiger partial charge < -0.3 is 14.4 Å². The number of carbonyl (C=O) groups is 1. The summed E-state index contributed by atoms with van der Waals surface area (Å²) in [4.78, 5) is 14.7. The Morgan fingerprint density at radius 2 is 1.84 bits per heavy atom. The zero-order chi connectivity index (χ0) is 17.8. The maximum absolute atomic E-state index is 13.1. The van der Waals surface area contributed by atoms with Crippen molar-refractivity contribution >= 4 is 5.91 Å². The predicted molar refractivity (Wildman–Crippen MR) is 93.3 cm³/mol. The van der Waals surface area contributed by atoms with E-state index < -0.39 is 0 Å². The lowest BCUT2D eigenvalue weighted by atomic mass is 10.0. The zero-order valence-corrected chi connectivity index (χ0v) is 14.5. The zero-order valence-electron chi connectivity index (χ0n) is 14.5. The summed E-state index contributed by atoms with van der Waals surface area (Å²) in [6.07, 6.45) is 2.17. The van der Waals surface area contributed by atoms with E-state index in [-0.39, 0.29) is 17.8 Å². The minimum absolute atomic E-state index is 0.0215. The summed E-state index contributed by atoms with van der Waals surface area (Å²) in [5.74, 6) is 1.07. The van der Waals surface area contributed by atoms with Gasteiger partial charge in [0.2, 0.25) is 5.91 Å². The molecule has 1 saturated heterocycles. The molecule has 0 bridgehead atoms. The highest BCUT2D eigenvalue weighted by Crippen LogP contribution is 2.33. The molecule has 0 saturated carbocycles. The molecule has 2 aromatic carbocycles. The first kappa shape index (κ1) is 17.3. The van der Waals surface area contributed by atoms with Gasteiger partial charge in [-0.3, -0.25) is 4.79 Å². The van der Waals surface area contributed by atoms with Crippen molar-refractivity contribution in [1.82, 2.24) is 4.90 Å². The number of carbonyl (C=O) groups excluding carboxylic acids is 1. The Bertz CT molecular complexity index is 745. The highest BCUT2D eigenvalue weighted by Gasteiger charge is 2.29. The molecule has 4 nitrogen and oxygen atoms in total. The van der Waals surface area contributed by atoms with E-state index in [1.165, 1.54) is 12.1 Å². The monoisotopic (exact) mass is 343 g/mol. The van der Waals surface area contributed by atoms with Crippen LogP contribution in [-0.2, 0) is 11.2 Å². The Morgan fingerprint density at radius 1 is 1.12 bits per heavy atom. The van der Waals surface area contributed by atoms with Crippen LogP contribution < -0.4 is 9.47 Å². The number of ether oxygens (including phenoxy) is 2. The number of rotatable bonds is 5. The lowest BCUT2D eigenvalue weighted by Crippen LogP contribution is -2.31. The molecule has 1 amide bonds. The molecule has 25 heavy (non-hydrogen) atoms. The van der Waals surface area contributed by atoms with Gasteiger partial charge in [-0.05, 0) is 48.2 Å². The fourth-order valence-electron chi connectivity index (χ4n) is 3.36. The van der Waals surface area contributed by atoms with Crippen LogP contribution in [0.3, 0.4) is 0 Å². The number of methoxy groups -OCH3 is 2. The van der Waals surface area contributed by atoms with Gasteiger partial charge in [0.1, 0.15) is 5.82 Å². The molecular weight excluding hydrogens is 321 g/mol. The van der Waals surface area contributed by atoms with Crippen molar-refractivity contribution in [3.63, 3.8) is 0 Å². The Labute approximate surface area is 147 Å². The van der Waals surface area contributed by atoms with E-state index in [1.54, 1.807) is 26.4 Å². The second kappa shape index (κ2) is 7.55. The molecule has 1 fully saturated rings. The molecule has 1 atom stereocenters. The number of nitrogens with zero attached hydrogens (tertiary/aromatic N) is 1. The van der Waals surface area contributed by atoms with E-state index in [0.29, 0.717) is 17.9 Å². The van der Waals surface area contributed by atoms with Crippen molar-refractivity contribution in [3.05, 3.63) is 59.4 Å². The summed E-state index contributed by atoms with van der Waals surface area (Å²) in [5, 5.41) is 0. The van der Waals surface area contributed by atoms with Crippen LogP contribution in [0.5, 0.6) is 11.5 Å². The molecule has 0 aliphatic carbocycles. The molecule has 0 N–H and O–H groups in total. The third-order valence-electron chi connectivity index (χ3n) is 4.63. The van der Waals surface area contributed by atoms with Crippen LogP contribution in [-0.4, -0.2) is 31.6 Å². The average Bonchev–Trinajstić information content (AvgIpc) is 3.12. The molecule has 5 heteroatoms. The maximum Gasteiger partial charge on any atom is 0.227 e. The van der Waals surface area contributed by atoms with E-state index in [1.807, 2.05) is 23.1 Å². The van der Waals surface area contributed by atoms with Crippen molar-refractivity contribution in [2.45, 2.75) is 25.3 Å². The Kier molecular flexibility index (Phi) is 5.22. The number of hydrogen-bond acceptors (Lipinski definition) is 3. The number of likely N-dealkylation sites (tertiary alicyclic amines) is 1. The molecule has 1 heterocycles. The van der Waals surface area contributed by atoms with Gasteiger partial charge in [0.25, 0.3) is 0 Å². The summed E-state index contributed by atoms with van der Waals surface area (Å²) in [5.41, 5.74) is 1.87. The van der Waals surface area contributed by atoms with Crippen molar-refractivity contribution in [1.29, 1.82) is 0 Å². The molecule has 2 aromatic rings.